The van der Waals surface area contributed by atoms with Crippen LogP contribution in [0, 0.1) is 17.9 Å². The van der Waals surface area contributed by atoms with Gasteiger partial charge in [-0.3, -0.25) is 0 Å². The quantitative estimate of drug-likeness (QED) is 0.189. The smallest absolute Gasteiger partial charge is 0.188 e. The Morgan fingerprint density at radius 3 is 2.13 bits per heavy atom. The van der Waals surface area contributed by atoms with Crippen LogP contribution in [0.5, 0.6) is 0 Å². The molecule has 0 amide bonds. The monoisotopic (exact) mass is 574 g/mol. The Labute approximate surface area is 260 Å². The summed E-state index contributed by atoms with van der Waals surface area (Å²) in [6.07, 6.45) is 0. The van der Waals surface area contributed by atoms with Crippen LogP contribution in [0.2, 0.25) is 0 Å². The van der Waals surface area contributed by atoms with Gasteiger partial charge in [0, 0.05) is 32.9 Å². The van der Waals surface area contributed by atoms with E-state index in [-0.39, 0.29) is 5.41 Å². The van der Waals surface area contributed by atoms with Gasteiger partial charge in [-0.25, -0.2) is 4.85 Å². The number of fused-ring (bicyclic) bond motifs is 10. The van der Waals surface area contributed by atoms with E-state index in [1.54, 1.807) is 0 Å². The third kappa shape index (κ3) is 3.34. The van der Waals surface area contributed by atoms with E-state index in [9.17, 15) is 5.26 Å². The zero-order valence-corrected chi connectivity index (χ0v) is 24.8. The van der Waals surface area contributed by atoms with Gasteiger partial charge in [-0.15, -0.1) is 0 Å². The fourth-order valence-corrected chi connectivity index (χ4v) is 7.73. The number of aromatic nitrogens is 2. The third-order valence-electron chi connectivity index (χ3n) is 9.73. The molecule has 0 radical (unpaired) electrons. The van der Waals surface area contributed by atoms with Gasteiger partial charge in [0.15, 0.2) is 5.69 Å². The lowest BCUT2D eigenvalue weighted by molar-refractivity contribution is 0.661. The molecule has 0 aliphatic heterocycles. The molecule has 2 aromatic heterocycles. The highest BCUT2D eigenvalue weighted by Crippen LogP contribution is 2.53. The molecule has 0 spiro atoms. The minimum Gasteiger partial charge on any atom is -0.309 e. The van der Waals surface area contributed by atoms with Gasteiger partial charge in [0.25, 0.3) is 0 Å². The largest absolute Gasteiger partial charge is 0.309 e. The molecule has 210 valence electrons. The molecule has 8 aromatic rings. The van der Waals surface area contributed by atoms with Crippen molar-refractivity contribution in [2.75, 3.05) is 0 Å². The molecule has 2 heterocycles. The predicted octanol–water partition coefficient (Wildman–Crippen LogP) is 10.6. The molecule has 0 bridgehead atoms. The van der Waals surface area contributed by atoms with Crippen molar-refractivity contribution in [3.8, 4) is 28.6 Å². The van der Waals surface area contributed by atoms with Gasteiger partial charge in [-0.05, 0) is 88.3 Å². The van der Waals surface area contributed by atoms with Crippen LogP contribution in [0.25, 0.3) is 71.0 Å². The normalized spacial score (nSPS) is 13.2. The molecule has 0 N–H and O–H groups in total. The van der Waals surface area contributed by atoms with Gasteiger partial charge in [0.05, 0.1) is 40.3 Å². The first-order valence-corrected chi connectivity index (χ1v) is 15.1. The molecule has 6 aromatic carbocycles. The highest BCUT2D eigenvalue weighted by molar-refractivity contribution is 6.18. The van der Waals surface area contributed by atoms with E-state index in [2.05, 4.69) is 137 Å². The summed E-state index contributed by atoms with van der Waals surface area (Å²) in [5, 5.41) is 14.1. The van der Waals surface area contributed by atoms with Crippen molar-refractivity contribution in [3.05, 3.63) is 149 Å². The van der Waals surface area contributed by atoms with E-state index in [1.165, 1.54) is 27.6 Å². The number of nitrogens with zero attached hydrogens (tertiary/aromatic N) is 4. The second-order valence-electron chi connectivity index (χ2n) is 12.4. The van der Waals surface area contributed by atoms with Crippen molar-refractivity contribution in [1.29, 1.82) is 5.26 Å². The number of benzene rings is 6. The Morgan fingerprint density at radius 1 is 0.622 bits per heavy atom. The average Bonchev–Trinajstić information content (AvgIpc) is 3.67. The maximum absolute atomic E-state index is 9.61. The van der Waals surface area contributed by atoms with Crippen molar-refractivity contribution >= 4 is 49.3 Å². The van der Waals surface area contributed by atoms with Crippen LogP contribution in [-0.4, -0.2) is 9.13 Å². The standard InChI is InChI=1S/C41H26N4/c1-41(2)33-13-6-4-12-30(33)39-34(41)17-20-38-40(39)32-22-26(43-3)16-19-37(32)45(38)28-10-8-9-27(23-28)44-35-14-7-5-11-29(35)31-21-25(24-42)15-18-36(31)44/h4-23H,1-2H3. The van der Waals surface area contributed by atoms with Gasteiger partial charge in [-0.2, -0.15) is 5.26 Å². The molecular formula is C41H26N4. The van der Waals surface area contributed by atoms with Gasteiger partial charge < -0.3 is 9.13 Å². The average molecular weight is 575 g/mol. The lowest BCUT2D eigenvalue weighted by Crippen LogP contribution is -2.14. The van der Waals surface area contributed by atoms with E-state index in [0.29, 0.717) is 11.3 Å². The van der Waals surface area contributed by atoms with Gasteiger partial charge >= 0.3 is 0 Å². The summed E-state index contributed by atoms with van der Waals surface area (Å²) in [4.78, 5) is 3.81. The van der Waals surface area contributed by atoms with Crippen LogP contribution in [0.3, 0.4) is 0 Å². The fourth-order valence-electron chi connectivity index (χ4n) is 7.73. The van der Waals surface area contributed by atoms with Gasteiger partial charge in [0.2, 0.25) is 0 Å². The lowest BCUT2D eigenvalue weighted by Gasteiger charge is -2.21. The number of para-hydroxylation sites is 1. The second-order valence-corrected chi connectivity index (χ2v) is 12.4. The maximum atomic E-state index is 9.61. The zero-order chi connectivity index (χ0) is 30.4. The van der Waals surface area contributed by atoms with Gasteiger partial charge in [0.1, 0.15) is 0 Å². The minimum absolute atomic E-state index is 0.117. The van der Waals surface area contributed by atoms with Gasteiger partial charge in [-0.1, -0.05) is 74.5 Å². The van der Waals surface area contributed by atoms with Crippen LogP contribution in [0.1, 0.15) is 30.5 Å². The molecule has 1 aliphatic rings. The van der Waals surface area contributed by atoms with Crippen molar-refractivity contribution in [2.45, 2.75) is 19.3 Å². The highest BCUT2D eigenvalue weighted by Gasteiger charge is 2.37. The molecule has 0 fully saturated rings. The lowest BCUT2D eigenvalue weighted by atomic mass is 9.82. The van der Waals surface area contributed by atoms with Crippen molar-refractivity contribution in [2.24, 2.45) is 0 Å². The first kappa shape index (κ1) is 25.4. The number of hydrogen-bond acceptors (Lipinski definition) is 1. The Kier molecular flexibility index (Phi) is 5.06. The summed E-state index contributed by atoms with van der Waals surface area (Å²) in [6.45, 7) is 12.4. The van der Waals surface area contributed by atoms with E-state index < -0.39 is 0 Å². The van der Waals surface area contributed by atoms with Crippen LogP contribution in [0.4, 0.5) is 5.69 Å². The molecule has 4 nitrogen and oxygen atoms in total. The zero-order valence-electron chi connectivity index (χ0n) is 24.8. The summed E-state index contributed by atoms with van der Waals surface area (Å²) >= 11 is 0. The topological polar surface area (TPSA) is 38.0 Å². The van der Waals surface area contributed by atoms with Crippen molar-refractivity contribution in [1.82, 2.24) is 9.13 Å². The molecular weight excluding hydrogens is 548 g/mol. The number of rotatable bonds is 2. The maximum Gasteiger partial charge on any atom is 0.188 e. The molecule has 9 rings (SSSR count). The van der Waals surface area contributed by atoms with E-state index in [0.717, 1.165) is 49.6 Å². The molecule has 0 atom stereocenters. The molecule has 0 unspecified atom stereocenters. The highest BCUT2D eigenvalue weighted by atomic mass is 15.0. The molecule has 45 heavy (non-hydrogen) atoms. The van der Waals surface area contributed by atoms with E-state index in [1.807, 2.05) is 18.2 Å². The molecule has 1 aliphatic carbocycles. The minimum atomic E-state index is -0.117. The summed E-state index contributed by atoms with van der Waals surface area (Å²) < 4.78 is 4.63. The summed E-state index contributed by atoms with van der Waals surface area (Å²) in [5.74, 6) is 0. The fraction of sp³-hybridized carbons (Fsp3) is 0.0732. The predicted molar refractivity (Wildman–Crippen MR) is 184 cm³/mol. The van der Waals surface area contributed by atoms with E-state index in [4.69, 9.17) is 6.57 Å². The first-order valence-electron chi connectivity index (χ1n) is 15.1. The third-order valence-corrected chi connectivity index (χ3v) is 9.73. The van der Waals surface area contributed by atoms with Crippen LogP contribution < -0.4 is 0 Å². The van der Waals surface area contributed by atoms with Crippen LogP contribution in [-0.2, 0) is 5.41 Å². The van der Waals surface area contributed by atoms with Crippen molar-refractivity contribution in [3.63, 3.8) is 0 Å². The summed E-state index contributed by atoms with van der Waals surface area (Å²) in [6, 6.07) is 44.7. The molecule has 4 heteroatoms. The van der Waals surface area contributed by atoms with Crippen LogP contribution in [0.15, 0.2) is 121 Å². The Hall–Kier alpha value is -6.10. The number of nitriles is 1. The Balaban J connectivity index is 1.36. The SMILES string of the molecule is [C-]#[N+]c1ccc2c(c1)c1c3c(ccc1n2-c1cccc(-n2c4ccccc4c4cc(C#N)ccc42)c1)C(C)(C)c1ccccc1-3. The van der Waals surface area contributed by atoms with E-state index >= 15 is 0 Å². The Morgan fingerprint density at radius 2 is 1.31 bits per heavy atom. The number of hydrogen-bond donors (Lipinski definition) is 0. The summed E-state index contributed by atoms with van der Waals surface area (Å²) in [7, 11) is 0. The first-order chi connectivity index (χ1) is 22.0. The van der Waals surface area contributed by atoms with Crippen LogP contribution >= 0.6 is 0 Å². The van der Waals surface area contributed by atoms with Crippen molar-refractivity contribution < 1.29 is 0 Å². The second kappa shape index (κ2) is 8.96. The summed E-state index contributed by atoms with van der Waals surface area (Å²) in [5.41, 5.74) is 12.8. The molecule has 0 saturated heterocycles. The Bertz CT molecular complexity index is 2650. The molecule has 0 saturated carbocycles.